The molecule has 0 N–H and O–H groups in total. The summed E-state index contributed by atoms with van der Waals surface area (Å²) in [6.45, 7) is 2.25. The van der Waals surface area contributed by atoms with Crippen LogP contribution in [0, 0.1) is 6.08 Å². The van der Waals surface area contributed by atoms with E-state index in [2.05, 4.69) is 67.6 Å². The lowest BCUT2D eigenvalue weighted by atomic mass is 9.93. The third-order valence-electron chi connectivity index (χ3n) is 3.21. The topological polar surface area (TPSA) is 0 Å². The molecule has 1 aliphatic rings. The number of hydrogen-bond donors (Lipinski definition) is 0. The van der Waals surface area contributed by atoms with E-state index < -0.39 is 0 Å². The Kier molecular flexibility index (Phi) is 2.14. The van der Waals surface area contributed by atoms with Gasteiger partial charge in [0, 0.05) is 5.92 Å². The van der Waals surface area contributed by atoms with Gasteiger partial charge in [-0.15, -0.1) is 0 Å². The van der Waals surface area contributed by atoms with Crippen molar-refractivity contribution in [3.63, 3.8) is 0 Å². The Morgan fingerprint density at radius 1 is 0.875 bits per heavy atom. The number of rotatable bonds is 1. The molecule has 0 spiro atoms. The Labute approximate surface area is 96.3 Å². The molecule has 0 saturated carbocycles. The molecule has 0 aromatic heterocycles. The number of hydrogen-bond acceptors (Lipinski definition) is 0. The zero-order chi connectivity index (χ0) is 11.0. The summed E-state index contributed by atoms with van der Waals surface area (Å²) in [5.74, 6) is 0.457. The Hall–Kier alpha value is -1.82. The van der Waals surface area contributed by atoms with Gasteiger partial charge in [0.05, 0.1) is 0 Å². The molecule has 0 nitrogen and oxygen atoms in total. The van der Waals surface area contributed by atoms with Crippen molar-refractivity contribution in [1.29, 1.82) is 0 Å². The highest BCUT2D eigenvalue weighted by molar-refractivity contribution is 5.76. The van der Waals surface area contributed by atoms with Gasteiger partial charge < -0.3 is 0 Å². The van der Waals surface area contributed by atoms with E-state index >= 15 is 0 Å². The van der Waals surface area contributed by atoms with Crippen molar-refractivity contribution in [2.45, 2.75) is 12.8 Å². The van der Waals surface area contributed by atoms with Crippen LogP contribution in [0.4, 0.5) is 0 Å². The van der Waals surface area contributed by atoms with Crippen molar-refractivity contribution in [2.24, 2.45) is 0 Å². The largest absolute Gasteiger partial charge is 0.0622 e. The Balaban J connectivity index is 2.09. The van der Waals surface area contributed by atoms with Gasteiger partial charge in [0.15, 0.2) is 0 Å². The molecule has 0 heteroatoms. The first-order chi connectivity index (χ1) is 7.86. The summed E-state index contributed by atoms with van der Waals surface area (Å²) in [5, 5.41) is 0. The molecule has 0 bridgehead atoms. The molecular formula is C16H13. The van der Waals surface area contributed by atoms with Crippen molar-refractivity contribution in [2.75, 3.05) is 0 Å². The van der Waals surface area contributed by atoms with E-state index in [4.69, 9.17) is 0 Å². The van der Waals surface area contributed by atoms with Crippen molar-refractivity contribution in [3.8, 4) is 0 Å². The lowest BCUT2D eigenvalue weighted by molar-refractivity contribution is 1.01. The van der Waals surface area contributed by atoms with Crippen LogP contribution in [0.25, 0.3) is 5.57 Å². The standard InChI is InChI=1S/C16H13/c1-12-15-10-6-5-9-14(15)11-16(12)13-7-3-2-4-8-13/h2-10,12H,1H3. The minimum Gasteiger partial charge on any atom is -0.0622 e. The lowest BCUT2D eigenvalue weighted by Gasteiger charge is -2.10. The monoisotopic (exact) mass is 205 g/mol. The summed E-state index contributed by atoms with van der Waals surface area (Å²) < 4.78 is 0. The molecule has 3 rings (SSSR count). The zero-order valence-corrected chi connectivity index (χ0v) is 9.27. The van der Waals surface area contributed by atoms with Crippen LogP contribution < -0.4 is 0 Å². The first kappa shape index (κ1) is 9.41. The fourth-order valence-electron chi connectivity index (χ4n) is 2.34. The highest BCUT2D eigenvalue weighted by Gasteiger charge is 2.21. The van der Waals surface area contributed by atoms with E-state index in [9.17, 15) is 0 Å². The zero-order valence-electron chi connectivity index (χ0n) is 9.27. The second-order valence-corrected chi connectivity index (χ2v) is 4.21. The van der Waals surface area contributed by atoms with Crippen LogP contribution in [-0.4, -0.2) is 0 Å². The summed E-state index contributed by atoms with van der Waals surface area (Å²) in [7, 11) is 0. The van der Waals surface area contributed by atoms with Gasteiger partial charge in [0.2, 0.25) is 0 Å². The smallest absolute Gasteiger partial charge is 0.00794 e. The third-order valence-corrected chi connectivity index (χ3v) is 3.21. The Bertz CT molecular complexity index is 535. The van der Waals surface area contributed by atoms with Crippen LogP contribution in [0.5, 0.6) is 0 Å². The van der Waals surface area contributed by atoms with Gasteiger partial charge in [0.25, 0.3) is 0 Å². The van der Waals surface area contributed by atoms with Crippen LogP contribution in [0.1, 0.15) is 29.5 Å². The molecular weight excluding hydrogens is 192 g/mol. The average Bonchev–Trinajstić information content (AvgIpc) is 2.69. The fourth-order valence-corrected chi connectivity index (χ4v) is 2.34. The maximum Gasteiger partial charge on any atom is 0.00794 e. The third kappa shape index (κ3) is 1.38. The first-order valence-electron chi connectivity index (χ1n) is 5.64. The van der Waals surface area contributed by atoms with E-state index in [0.717, 1.165) is 0 Å². The lowest BCUT2D eigenvalue weighted by Crippen LogP contribution is -1.92. The predicted molar refractivity (Wildman–Crippen MR) is 67.1 cm³/mol. The van der Waals surface area contributed by atoms with Crippen molar-refractivity contribution in [1.82, 2.24) is 0 Å². The van der Waals surface area contributed by atoms with Gasteiger partial charge >= 0.3 is 0 Å². The molecule has 2 aromatic rings. The van der Waals surface area contributed by atoms with E-state index in [0.29, 0.717) is 5.92 Å². The number of benzene rings is 2. The SMILES string of the molecule is CC1C(c2ccccc2)=[C]c2ccccc21. The van der Waals surface area contributed by atoms with Gasteiger partial charge in [-0.25, -0.2) is 0 Å². The molecule has 0 heterocycles. The average molecular weight is 205 g/mol. The molecule has 0 fully saturated rings. The highest BCUT2D eigenvalue weighted by Crippen LogP contribution is 2.39. The quantitative estimate of drug-likeness (QED) is 0.659. The highest BCUT2D eigenvalue weighted by atomic mass is 14.2. The van der Waals surface area contributed by atoms with Crippen LogP contribution in [0.15, 0.2) is 54.6 Å². The Morgan fingerprint density at radius 3 is 2.31 bits per heavy atom. The predicted octanol–water partition coefficient (Wildman–Crippen LogP) is 4.04. The van der Waals surface area contributed by atoms with Crippen LogP contribution in [0.2, 0.25) is 0 Å². The number of fused-ring (bicyclic) bond motifs is 1. The Morgan fingerprint density at radius 2 is 1.56 bits per heavy atom. The summed E-state index contributed by atoms with van der Waals surface area (Å²) in [5.41, 5.74) is 5.23. The minimum absolute atomic E-state index is 0.457. The summed E-state index contributed by atoms with van der Waals surface area (Å²) >= 11 is 0. The van der Waals surface area contributed by atoms with Crippen LogP contribution >= 0.6 is 0 Å². The first-order valence-corrected chi connectivity index (χ1v) is 5.64. The van der Waals surface area contributed by atoms with Gasteiger partial charge in [0.1, 0.15) is 0 Å². The molecule has 1 aliphatic carbocycles. The molecule has 0 amide bonds. The van der Waals surface area contributed by atoms with Gasteiger partial charge in [-0.3, -0.25) is 0 Å². The molecule has 1 radical (unpaired) electrons. The second-order valence-electron chi connectivity index (χ2n) is 4.21. The van der Waals surface area contributed by atoms with E-state index in [-0.39, 0.29) is 0 Å². The minimum atomic E-state index is 0.457. The van der Waals surface area contributed by atoms with E-state index in [1.807, 2.05) is 0 Å². The van der Waals surface area contributed by atoms with Crippen LogP contribution in [0.3, 0.4) is 0 Å². The molecule has 2 aromatic carbocycles. The maximum absolute atomic E-state index is 3.52. The number of allylic oxidation sites excluding steroid dienone is 1. The normalized spacial score (nSPS) is 18.1. The van der Waals surface area contributed by atoms with Gasteiger partial charge in [-0.1, -0.05) is 61.5 Å². The van der Waals surface area contributed by atoms with Crippen molar-refractivity contribution in [3.05, 3.63) is 77.4 Å². The van der Waals surface area contributed by atoms with Gasteiger partial charge in [-0.05, 0) is 28.3 Å². The van der Waals surface area contributed by atoms with Crippen molar-refractivity contribution >= 4 is 5.57 Å². The van der Waals surface area contributed by atoms with Gasteiger partial charge in [-0.2, -0.15) is 0 Å². The van der Waals surface area contributed by atoms with Crippen LogP contribution in [-0.2, 0) is 0 Å². The maximum atomic E-state index is 3.52. The molecule has 77 valence electrons. The van der Waals surface area contributed by atoms with E-state index in [1.165, 1.54) is 22.3 Å². The second kappa shape index (κ2) is 3.64. The van der Waals surface area contributed by atoms with Crippen molar-refractivity contribution < 1.29 is 0 Å². The molecule has 16 heavy (non-hydrogen) atoms. The summed E-state index contributed by atoms with van der Waals surface area (Å²) in [6.07, 6.45) is 3.52. The molecule has 0 saturated heterocycles. The molecule has 1 unspecified atom stereocenters. The molecule has 1 atom stereocenters. The summed E-state index contributed by atoms with van der Waals surface area (Å²) in [6, 6.07) is 19.0. The van der Waals surface area contributed by atoms with E-state index in [1.54, 1.807) is 0 Å². The fraction of sp³-hybridized carbons (Fsp3) is 0.125. The molecule has 0 aliphatic heterocycles. The summed E-state index contributed by atoms with van der Waals surface area (Å²) in [4.78, 5) is 0.